The quantitative estimate of drug-likeness (QED) is 0.803. The molecule has 2 aliphatic rings. The minimum absolute atomic E-state index is 0.0567. The predicted octanol–water partition coefficient (Wildman–Crippen LogP) is 2.34. The summed E-state index contributed by atoms with van der Waals surface area (Å²) in [5.41, 5.74) is 5.83. The van der Waals surface area contributed by atoms with E-state index < -0.39 is 0 Å². The Kier molecular flexibility index (Phi) is 4.45. The lowest BCUT2D eigenvalue weighted by molar-refractivity contribution is -0.0590. The van der Waals surface area contributed by atoms with Gasteiger partial charge in [-0.2, -0.15) is 0 Å². The van der Waals surface area contributed by atoms with Crippen molar-refractivity contribution in [2.24, 2.45) is 17.6 Å². The Balaban J connectivity index is 1.63. The van der Waals surface area contributed by atoms with Crippen molar-refractivity contribution < 1.29 is 9.47 Å². The smallest absolute Gasteiger partial charge is 0.0816 e. The Morgan fingerprint density at radius 3 is 2.59 bits per heavy atom. The van der Waals surface area contributed by atoms with Gasteiger partial charge in [-0.15, -0.1) is 0 Å². The summed E-state index contributed by atoms with van der Waals surface area (Å²) in [5.74, 6) is 1.38. The van der Waals surface area contributed by atoms with Crippen LogP contribution >= 0.6 is 0 Å². The van der Waals surface area contributed by atoms with Crippen LogP contribution in [0.1, 0.15) is 46.0 Å². The van der Waals surface area contributed by atoms with Gasteiger partial charge in [-0.3, -0.25) is 0 Å². The highest BCUT2D eigenvalue weighted by Crippen LogP contribution is 2.32. The van der Waals surface area contributed by atoms with Crippen LogP contribution < -0.4 is 5.73 Å². The first-order valence-electron chi connectivity index (χ1n) is 7.06. The first-order chi connectivity index (χ1) is 8.11. The number of hydrogen-bond donors (Lipinski definition) is 1. The van der Waals surface area contributed by atoms with E-state index in [-0.39, 0.29) is 5.60 Å². The van der Waals surface area contributed by atoms with Crippen molar-refractivity contribution in [3.8, 4) is 0 Å². The maximum absolute atomic E-state index is 5.92. The molecular formula is C14H27NO2. The zero-order chi connectivity index (χ0) is 12.3. The van der Waals surface area contributed by atoms with Gasteiger partial charge in [0.1, 0.15) is 0 Å². The Labute approximate surface area is 105 Å². The molecule has 0 bridgehead atoms. The third kappa shape index (κ3) is 3.67. The standard InChI is InChI=1S/C14H27NO2/c1-14(2)7-6-13(17-14)10-16-9-12-5-3-4-11(12)8-15/h11-13H,3-10,15H2,1-2H3. The van der Waals surface area contributed by atoms with Crippen molar-refractivity contribution in [3.63, 3.8) is 0 Å². The molecule has 0 aromatic rings. The molecule has 100 valence electrons. The fraction of sp³-hybridized carbons (Fsp3) is 1.00. The van der Waals surface area contributed by atoms with E-state index in [4.69, 9.17) is 15.2 Å². The molecule has 17 heavy (non-hydrogen) atoms. The fourth-order valence-corrected chi connectivity index (χ4v) is 3.19. The lowest BCUT2D eigenvalue weighted by atomic mass is 9.97. The Morgan fingerprint density at radius 2 is 1.94 bits per heavy atom. The van der Waals surface area contributed by atoms with Crippen LogP contribution in [0.5, 0.6) is 0 Å². The van der Waals surface area contributed by atoms with E-state index in [1.54, 1.807) is 0 Å². The molecule has 2 fully saturated rings. The van der Waals surface area contributed by atoms with Gasteiger partial charge in [0.05, 0.1) is 18.3 Å². The van der Waals surface area contributed by atoms with Crippen molar-refractivity contribution in [1.82, 2.24) is 0 Å². The molecule has 1 heterocycles. The lowest BCUT2D eigenvalue weighted by Gasteiger charge is -2.21. The van der Waals surface area contributed by atoms with Crippen LogP contribution in [0.25, 0.3) is 0 Å². The summed E-state index contributed by atoms with van der Waals surface area (Å²) in [7, 11) is 0. The highest BCUT2D eigenvalue weighted by Gasteiger charge is 2.32. The predicted molar refractivity (Wildman–Crippen MR) is 68.9 cm³/mol. The van der Waals surface area contributed by atoms with Gasteiger partial charge in [0.2, 0.25) is 0 Å². The Hall–Kier alpha value is -0.120. The Bertz CT molecular complexity index is 242. The number of hydrogen-bond acceptors (Lipinski definition) is 3. The van der Waals surface area contributed by atoms with Gasteiger partial charge in [0.15, 0.2) is 0 Å². The largest absolute Gasteiger partial charge is 0.378 e. The van der Waals surface area contributed by atoms with E-state index in [1.807, 2.05) is 0 Å². The summed E-state index contributed by atoms with van der Waals surface area (Å²) in [6.45, 7) is 6.78. The van der Waals surface area contributed by atoms with Gasteiger partial charge >= 0.3 is 0 Å². The number of ether oxygens (including phenoxy) is 2. The maximum atomic E-state index is 5.92. The topological polar surface area (TPSA) is 44.5 Å². The SMILES string of the molecule is CC1(C)CCC(COCC2CCCC2CN)O1. The molecule has 1 aliphatic heterocycles. The minimum Gasteiger partial charge on any atom is -0.378 e. The normalized spacial score (nSPS) is 36.5. The molecule has 1 saturated carbocycles. The van der Waals surface area contributed by atoms with Gasteiger partial charge in [0, 0.05) is 6.61 Å². The van der Waals surface area contributed by atoms with Crippen molar-refractivity contribution in [3.05, 3.63) is 0 Å². The number of rotatable bonds is 5. The first kappa shape index (κ1) is 13.3. The summed E-state index contributed by atoms with van der Waals surface area (Å²) in [6.07, 6.45) is 6.50. The van der Waals surface area contributed by atoms with Crippen LogP contribution in [-0.4, -0.2) is 31.5 Å². The van der Waals surface area contributed by atoms with Gasteiger partial charge < -0.3 is 15.2 Å². The molecule has 0 aromatic carbocycles. The third-order valence-electron chi connectivity index (χ3n) is 4.31. The molecule has 3 nitrogen and oxygen atoms in total. The van der Waals surface area contributed by atoms with Crippen LogP contribution in [0.3, 0.4) is 0 Å². The second kappa shape index (κ2) is 5.68. The number of nitrogens with two attached hydrogens (primary N) is 1. The zero-order valence-corrected chi connectivity index (χ0v) is 11.3. The molecule has 1 saturated heterocycles. The van der Waals surface area contributed by atoms with Crippen molar-refractivity contribution >= 4 is 0 Å². The molecule has 1 aliphatic carbocycles. The molecule has 0 radical (unpaired) electrons. The first-order valence-corrected chi connectivity index (χ1v) is 7.06. The molecule has 3 heteroatoms. The molecule has 3 unspecified atom stereocenters. The second-order valence-corrected chi connectivity index (χ2v) is 6.26. The third-order valence-corrected chi connectivity index (χ3v) is 4.31. The average molecular weight is 241 g/mol. The van der Waals surface area contributed by atoms with Gasteiger partial charge in [0.25, 0.3) is 0 Å². The summed E-state index contributed by atoms with van der Waals surface area (Å²) in [4.78, 5) is 0. The maximum Gasteiger partial charge on any atom is 0.0816 e. The molecule has 0 spiro atoms. The van der Waals surface area contributed by atoms with Crippen LogP contribution in [0, 0.1) is 11.8 Å². The molecule has 2 N–H and O–H groups in total. The highest BCUT2D eigenvalue weighted by molar-refractivity contribution is 4.81. The minimum atomic E-state index is 0.0567. The zero-order valence-electron chi connectivity index (χ0n) is 11.3. The van der Waals surface area contributed by atoms with E-state index in [2.05, 4.69) is 13.8 Å². The van der Waals surface area contributed by atoms with Gasteiger partial charge in [-0.25, -0.2) is 0 Å². The average Bonchev–Trinajstić information content (AvgIpc) is 2.85. The summed E-state index contributed by atoms with van der Waals surface area (Å²) < 4.78 is 11.8. The van der Waals surface area contributed by atoms with Crippen molar-refractivity contribution in [2.45, 2.75) is 57.7 Å². The van der Waals surface area contributed by atoms with Crippen LogP contribution in [0.15, 0.2) is 0 Å². The van der Waals surface area contributed by atoms with Gasteiger partial charge in [-0.05, 0) is 57.9 Å². The monoisotopic (exact) mass is 241 g/mol. The second-order valence-electron chi connectivity index (χ2n) is 6.26. The molecule has 2 rings (SSSR count). The highest BCUT2D eigenvalue weighted by atomic mass is 16.5. The summed E-state index contributed by atoms with van der Waals surface area (Å²) in [6, 6.07) is 0. The van der Waals surface area contributed by atoms with Crippen LogP contribution in [-0.2, 0) is 9.47 Å². The van der Waals surface area contributed by atoms with E-state index in [0.29, 0.717) is 17.9 Å². The van der Waals surface area contributed by atoms with Crippen molar-refractivity contribution in [2.75, 3.05) is 19.8 Å². The van der Waals surface area contributed by atoms with Gasteiger partial charge in [-0.1, -0.05) is 6.42 Å². The van der Waals surface area contributed by atoms with Crippen molar-refractivity contribution in [1.29, 1.82) is 0 Å². The molecular weight excluding hydrogens is 214 g/mol. The summed E-state index contributed by atoms with van der Waals surface area (Å²) >= 11 is 0. The Morgan fingerprint density at radius 1 is 1.18 bits per heavy atom. The summed E-state index contributed by atoms with van der Waals surface area (Å²) in [5, 5.41) is 0. The van der Waals surface area contributed by atoms with E-state index in [0.717, 1.165) is 32.6 Å². The van der Waals surface area contributed by atoms with E-state index in [1.165, 1.54) is 19.3 Å². The van der Waals surface area contributed by atoms with Crippen LogP contribution in [0.2, 0.25) is 0 Å². The molecule has 3 atom stereocenters. The lowest BCUT2D eigenvalue weighted by Crippen LogP contribution is -2.26. The van der Waals surface area contributed by atoms with Crippen LogP contribution in [0.4, 0.5) is 0 Å². The van der Waals surface area contributed by atoms with E-state index >= 15 is 0 Å². The fourth-order valence-electron chi connectivity index (χ4n) is 3.19. The molecule has 0 aromatic heterocycles. The molecule has 0 amide bonds. The van der Waals surface area contributed by atoms with E-state index in [9.17, 15) is 0 Å².